The molecule has 1 atom stereocenters. The predicted octanol–water partition coefficient (Wildman–Crippen LogP) is 1.02. The molecule has 1 aliphatic heterocycles. The van der Waals surface area contributed by atoms with E-state index in [1.807, 2.05) is 0 Å². The van der Waals surface area contributed by atoms with Crippen molar-refractivity contribution >= 4 is 0 Å². The van der Waals surface area contributed by atoms with Crippen molar-refractivity contribution < 1.29 is 4.74 Å². The molecule has 2 nitrogen and oxygen atoms in total. The van der Waals surface area contributed by atoms with Crippen LogP contribution in [0.15, 0.2) is 0 Å². The molecule has 0 unspecified atom stereocenters. The number of nitrogens with one attached hydrogen (secondary N) is 1. The Morgan fingerprint density at radius 1 is 1.50 bits per heavy atom. The Morgan fingerprint density at radius 3 is 3.00 bits per heavy atom. The van der Waals surface area contributed by atoms with Crippen LogP contribution in [-0.4, -0.2) is 25.8 Å². The van der Waals surface area contributed by atoms with Crippen molar-refractivity contribution in [3.8, 4) is 0 Å². The molecule has 0 aliphatic carbocycles. The van der Waals surface area contributed by atoms with Crippen LogP contribution in [0.2, 0.25) is 0 Å². The Balaban J connectivity index is 2.28. The van der Waals surface area contributed by atoms with Crippen LogP contribution in [-0.2, 0) is 4.74 Å². The minimum absolute atomic E-state index is 0.433. The van der Waals surface area contributed by atoms with E-state index < -0.39 is 0 Å². The molecule has 0 radical (unpaired) electrons. The third-order valence-electron chi connectivity index (χ3n) is 1.92. The highest BCUT2D eigenvalue weighted by Gasteiger charge is 2.14. The Morgan fingerprint density at radius 2 is 2.30 bits per heavy atom. The Hall–Kier alpha value is -0.0800. The van der Waals surface area contributed by atoms with Gasteiger partial charge in [0.05, 0.1) is 6.10 Å². The third-order valence-corrected chi connectivity index (χ3v) is 1.92. The highest BCUT2D eigenvalue weighted by molar-refractivity contribution is 4.68. The van der Waals surface area contributed by atoms with Crippen LogP contribution in [0.4, 0.5) is 0 Å². The Labute approximate surface area is 63.0 Å². The lowest BCUT2D eigenvalue weighted by atomic mass is 10.1. The summed E-state index contributed by atoms with van der Waals surface area (Å²) in [7, 11) is 0. The first kappa shape index (κ1) is 8.02. The zero-order valence-corrected chi connectivity index (χ0v) is 6.89. The molecule has 0 spiro atoms. The fraction of sp³-hybridized carbons (Fsp3) is 1.00. The monoisotopic (exact) mass is 143 g/mol. The maximum absolute atomic E-state index is 5.60. The molecule has 0 saturated carbocycles. The van der Waals surface area contributed by atoms with E-state index in [0.717, 1.165) is 26.1 Å². The smallest absolute Gasteiger partial charge is 0.0722 e. The Bertz CT molecular complexity index is 85.3. The molecule has 1 fully saturated rings. The molecule has 0 aromatic carbocycles. The van der Waals surface area contributed by atoms with E-state index in [0.29, 0.717) is 12.0 Å². The van der Waals surface area contributed by atoms with Crippen LogP contribution in [0.3, 0.4) is 0 Å². The summed E-state index contributed by atoms with van der Waals surface area (Å²) in [5.41, 5.74) is 0. The van der Waals surface area contributed by atoms with Crippen molar-refractivity contribution in [2.45, 2.75) is 26.4 Å². The molecule has 10 heavy (non-hydrogen) atoms. The minimum atomic E-state index is 0.433. The molecule has 0 amide bonds. The topological polar surface area (TPSA) is 21.3 Å². The molecule has 1 heterocycles. The highest BCUT2D eigenvalue weighted by Crippen LogP contribution is 2.07. The standard InChI is InChI=1S/C8H17NO/c1-7(2)8-6-9-4-3-5-10-8/h7-9H,3-6H2,1-2H3/t8-/m0/s1. The van der Waals surface area contributed by atoms with Gasteiger partial charge in [-0.3, -0.25) is 0 Å². The summed E-state index contributed by atoms with van der Waals surface area (Å²) >= 11 is 0. The van der Waals surface area contributed by atoms with E-state index in [9.17, 15) is 0 Å². The Kier molecular flexibility index (Phi) is 3.16. The molecule has 1 N–H and O–H groups in total. The van der Waals surface area contributed by atoms with Crippen LogP contribution < -0.4 is 5.32 Å². The summed E-state index contributed by atoms with van der Waals surface area (Å²) in [6.07, 6.45) is 1.59. The van der Waals surface area contributed by atoms with Gasteiger partial charge in [0.2, 0.25) is 0 Å². The minimum Gasteiger partial charge on any atom is -0.377 e. The van der Waals surface area contributed by atoms with E-state index in [4.69, 9.17) is 4.74 Å². The van der Waals surface area contributed by atoms with Crippen LogP contribution in [0.25, 0.3) is 0 Å². The van der Waals surface area contributed by atoms with Crippen LogP contribution in [0, 0.1) is 5.92 Å². The van der Waals surface area contributed by atoms with Gasteiger partial charge >= 0.3 is 0 Å². The van der Waals surface area contributed by atoms with Crippen molar-refractivity contribution in [3.63, 3.8) is 0 Å². The van der Waals surface area contributed by atoms with Gasteiger partial charge in [-0.2, -0.15) is 0 Å². The van der Waals surface area contributed by atoms with E-state index in [2.05, 4.69) is 19.2 Å². The quantitative estimate of drug-likeness (QED) is 0.591. The molecular weight excluding hydrogens is 126 g/mol. The van der Waals surface area contributed by atoms with E-state index in [1.165, 1.54) is 0 Å². The lowest BCUT2D eigenvalue weighted by Gasteiger charge is -2.18. The van der Waals surface area contributed by atoms with Crippen LogP contribution >= 0.6 is 0 Å². The van der Waals surface area contributed by atoms with Gasteiger partial charge in [-0.1, -0.05) is 13.8 Å². The summed E-state index contributed by atoms with van der Waals surface area (Å²) < 4.78 is 5.60. The molecule has 1 saturated heterocycles. The van der Waals surface area contributed by atoms with Crippen LogP contribution in [0.1, 0.15) is 20.3 Å². The molecule has 0 bridgehead atoms. The van der Waals surface area contributed by atoms with Crippen molar-refractivity contribution in [3.05, 3.63) is 0 Å². The maximum atomic E-state index is 5.60. The number of hydrogen-bond acceptors (Lipinski definition) is 2. The maximum Gasteiger partial charge on any atom is 0.0722 e. The molecule has 60 valence electrons. The molecule has 1 aliphatic rings. The fourth-order valence-electron chi connectivity index (χ4n) is 1.16. The van der Waals surface area contributed by atoms with Gasteiger partial charge in [-0.25, -0.2) is 0 Å². The first-order chi connectivity index (χ1) is 4.80. The largest absolute Gasteiger partial charge is 0.377 e. The van der Waals surface area contributed by atoms with E-state index in [-0.39, 0.29) is 0 Å². The van der Waals surface area contributed by atoms with Crippen molar-refractivity contribution in [1.29, 1.82) is 0 Å². The van der Waals surface area contributed by atoms with Gasteiger partial charge in [-0.15, -0.1) is 0 Å². The van der Waals surface area contributed by atoms with Gasteiger partial charge in [-0.05, 0) is 18.9 Å². The summed E-state index contributed by atoms with van der Waals surface area (Å²) in [5, 5.41) is 3.35. The predicted molar refractivity (Wildman–Crippen MR) is 42.1 cm³/mol. The number of hydrogen-bond donors (Lipinski definition) is 1. The normalized spacial score (nSPS) is 28.5. The number of ether oxygens (including phenoxy) is 1. The second-order valence-corrected chi connectivity index (χ2v) is 3.21. The fourth-order valence-corrected chi connectivity index (χ4v) is 1.16. The van der Waals surface area contributed by atoms with E-state index in [1.54, 1.807) is 0 Å². The second-order valence-electron chi connectivity index (χ2n) is 3.21. The third kappa shape index (κ3) is 2.27. The summed E-state index contributed by atoms with van der Waals surface area (Å²) in [6.45, 7) is 7.48. The first-order valence-corrected chi connectivity index (χ1v) is 4.13. The van der Waals surface area contributed by atoms with Gasteiger partial charge in [0, 0.05) is 13.2 Å². The molecule has 1 rings (SSSR count). The average Bonchev–Trinajstić information content (AvgIpc) is 2.12. The zero-order valence-electron chi connectivity index (χ0n) is 6.89. The molecule has 2 heteroatoms. The van der Waals surface area contributed by atoms with Gasteiger partial charge in [0.1, 0.15) is 0 Å². The van der Waals surface area contributed by atoms with Crippen molar-refractivity contribution in [2.24, 2.45) is 5.92 Å². The van der Waals surface area contributed by atoms with Crippen molar-refractivity contribution in [1.82, 2.24) is 5.32 Å². The van der Waals surface area contributed by atoms with Gasteiger partial charge < -0.3 is 10.1 Å². The van der Waals surface area contributed by atoms with Crippen LogP contribution in [0.5, 0.6) is 0 Å². The average molecular weight is 143 g/mol. The SMILES string of the molecule is CC(C)[C@@H]1CNCCCO1. The first-order valence-electron chi connectivity index (χ1n) is 4.13. The lowest BCUT2D eigenvalue weighted by Crippen LogP contribution is -2.30. The van der Waals surface area contributed by atoms with Gasteiger partial charge in [0.25, 0.3) is 0 Å². The summed E-state index contributed by atoms with van der Waals surface area (Å²) in [6, 6.07) is 0. The molecule has 0 aromatic rings. The highest BCUT2D eigenvalue weighted by atomic mass is 16.5. The second kappa shape index (κ2) is 3.94. The lowest BCUT2D eigenvalue weighted by molar-refractivity contribution is 0.0357. The van der Waals surface area contributed by atoms with Crippen molar-refractivity contribution in [2.75, 3.05) is 19.7 Å². The molecule has 0 aromatic heterocycles. The summed E-state index contributed by atoms with van der Waals surface area (Å²) in [5.74, 6) is 0.644. The number of rotatable bonds is 1. The molecular formula is C8H17NO. The summed E-state index contributed by atoms with van der Waals surface area (Å²) in [4.78, 5) is 0. The van der Waals surface area contributed by atoms with Gasteiger partial charge in [0.15, 0.2) is 0 Å². The zero-order chi connectivity index (χ0) is 7.40. The van der Waals surface area contributed by atoms with E-state index >= 15 is 0 Å².